The van der Waals surface area contributed by atoms with Crippen LogP contribution in [0.4, 0.5) is 5.69 Å². The van der Waals surface area contributed by atoms with Gasteiger partial charge < -0.3 is 5.32 Å². The van der Waals surface area contributed by atoms with E-state index in [1.807, 2.05) is 63.2 Å². The third-order valence-corrected chi connectivity index (χ3v) is 5.27. The van der Waals surface area contributed by atoms with Gasteiger partial charge in [0.25, 0.3) is 0 Å². The van der Waals surface area contributed by atoms with Crippen LogP contribution in [0, 0.1) is 32.1 Å². The Morgan fingerprint density at radius 2 is 2.00 bits per heavy atom. The predicted molar refractivity (Wildman–Crippen MR) is 106 cm³/mol. The molecule has 0 unspecified atom stereocenters. The number of nitriles is 1. The Labute approximate surface area is 157 Å². The molecule has 1 amide bonds. The van der Waals surface area contributed by atoms with Crippen molar-refractivity contribution in [2.45, 2.75) is 25.8 Å². The van der Waals surface area contributed by atoms with Crippen molar-refractivity contribution in [1.82, 2.24) is 4.98 Å². The minimum atomic E-state index is -0.112. The number of carbonyl (C=O) groups is 1. The number of fused-ring (bicyclic) bond motifs is 1. The molecule has 5 heteroatoms. The van der Waals surface area contributed by atoms with Crippen molar-refractivity contribution < 1.29 is 4.79 Å². The maximum Gasteiger partial charge on any atom is 0.234 e. The second-order valence-electron chi connectivity index (χ2n) is 6.23. The number of benzene rings is 2. The molecular formula is C21H19N3OS. The fraction of sp³-hybridized carbons (Fsp3) is 0.190. The van der Waals surface area contributed by atoms with E-state index in [2.05, 4.69) is 16.4 Å². The first-order chi connectivity index (χ1) is 12.5. The summed E-state index contributed by atoms with van der Waals surface area (Å²) < 4.78 is 0. The van der Waals surface area contributed by atoms with E-state index in [4.69, 9.17) is 0 Å². The predicted octanol–water partition coefficient (Wildman–Crippen LogP) is 4.76. The summed E-state index contributed by atoms with van der Waals surface area (Å²) in [6.07, 6.45) is 0. The molecule has 0 aliphatic heterocycles. The standard InChI is InChI=1S/C21H19N3OS/c1-13-7-8-16-10-17(11-22)21(24-19(16)9-13)26-12-20(25)23-18-6-4-5-14(2)15(18)3/h4-10H,12H2,1-3H3,(H,23,25). The lowest BCUT2D eigenvalue weighted by atomic mass is 10.1. The average molecular weight is 361 g/mol. The van der Waals surface area contributed by atoms with Gasteiger partial charge in [-0.3, -0.25) is 4.79 Å². The molecule has 0 saturated heterocycles. The molecule has 3 rings (SSSR count). The molecule has 0 aliphatic carbocycles. The van der Waals surface area contributed by atoms with E-state index in [-0.39, 0.29) is 11.7 Å². The Balaban J connectivity index is 1.77. The molecule has 0 saturated carbocycles. The van der Waals surface area contributed by atoms with Crippen molar-refractivity contribution in [3.8, 4) is 6.07 Å². The van der Waals surface area contributed by atoms with Gasteiger partial charge in [0.2, 0.25) is 5.91 Å². The Morgan fingerprint density at radius 1 is 1.19 bits per heavy atom. The number of hydrogen-bond acceptors (Lipinski definition) is 4. The van der Waals surface area contributed by atoms with Gasteiger partial charge in [-0.05, 0) is 55.7 Å². The third-order valence-electron chi connectivity index (χ3n) is 4.28. The molecular weight excluding hydrogens is 342 g/mol. The van der Waals surface area contributed by atoms with E-state index >= 15 is 0 Å². The minimum Gasteiger partial charge on any atom is -0.325 e. The van der Waals surface area contributed by atoms with Gasteiger partial charge in [-0.15, -0.1) is 0 Å². The summed E-state index contributed by atoms with van der Waals surface area (Å²) in [4.78, 5) is 16.9. The Kier molecular flexibility index (Phi) is 5.24. The number of nitrogens with zero attached hydrogens (tertiary/aromatic N) is 2. The summed E-state index contributed by atoms with van der Waals surface area (Å²) in [6, 6.07) is 15.8. The Hall–Kier alpha value is -2.84. The SMILES string of the molecule is Cc1ccc2cc(C#N)c(SCC(=O)Nc3cccc(C)c3C)nc2c1. The van der Waals surface area contributed by atoms with Crippen LogP contribution < -0.4 is 5.32 Å². The van der Waals surface area contributed by atoms with Gasteiger partial charge >= 0.3 is 0 Å². The van der Waals surface area contributed by atoms with Crippen molar-refractivity contribution in [3.63, 3.8) is 0 Å². The van der Waals surface area contributed by atoms with Crippen molar-refractivity contribution in [1.29, 1.82) is 5.26 Å². The average Bonchev–Trinajstić information content (AvgIpc) is 2.63. The molecule has 1 N–H and O–H groups in total. The van der Waals surface area contributed by atoms with Crippen LogP contribution in [-0.4, -0.2) is 16.6 Å². The number of pyridine rings is 1. The number of nitrogens with one attached hydrogen (secondary N) is 1. The second kappa shape index (κ2) is 7.59. The Bertz CT molecular complexity index is 1040. The molecule has 3 aromatic rings. The fourth-order valence-electron chi connectivity index (χ4n) is 2.66. The molecule has 0 radical (unpaired) electrons. The summed E-state index contributed by atoms with van der Waals surface area (Å²) in [5.41, 5.74) is 5.44. The fourth-order valence-corrected chi connectivity index (χ4v) is 3.42. The van der Waals surface area contributed by atoms with Crippen LogP contribution in [0.25, 0.3) is 10.9 Å². The highest BCUT2D eigenvalue weighted by Crippen LogP contribution is 2.26. The van der Waals surface area contributed by atoms with E-state index in [9.17, 15) is 10.1 Å². The molecule has 26 heavy (non-hydrogen) atoms. The van der Waals surface area contributed by atoms with Crippen molar-refractivity contribution in [3.05, 3.63) is 64.7 Å². The first-order valence-electron chi connectivity index (χ1n) is 8.28. The molecule has 0 atom stereocenters. The molecule has 0 bridgehead atoms. The summed E-state index contributed by atoms with van der Waals surface area (Å²) >= 11 is 1.28. The van der Waals surface area contributed by atoms with Crippen LogP contribution in [0.15, 0.2) is 47.5 Å². The molecule has 2 aromatic carbocycles. The summed E-state index contributed by atoms with van der Waals surface area (Å²) in [6.45, 7) is 6.00. The summed E-state index contributed by atoms with van der Waals surface area (Å²) in [7, 11) is 0. The van der Waals surface area contributed by atoms with Crippen molar-refractivity contribution in [2.24, 2.45) is 0 Å². The molecule has 4 nitrogen and oxygen atoms in total. The summed E-state index contributed by atoms with van der Waals surface area (Å²) in [5, 5.41) is 13.8. The maximum atomic E-state index is 12.3. The van der Waals surface area contributed by atoms with Gasteiger partial charge in [0.15, 0.2) is 0 Å². The van der Waals surface area contributed by atoms with Crippen LogP contribution in [0.2, 0.25) is 0 Å². The lowest BCUT2D eigenvalue weighted by Gasteiger charge is -2.10. The lowest BCUT2D eigenvalue weighted by Crippen LogP contribution is -2.15. The smallest absolute Gasteiger partial charge is 0.234 e. The van der Waals surface area contributed by atoms with Crippen LogP contribution in [0.1, 0.15) is 22.3 Å². The molecule has 0 aliphatic rings. The van der Waals surface area contributed by atoms with Crippen molar-refractivity contribution >= 4 is 34.3 Å². The van der Waals surface area contributed by atoms with Gasteiger partial charge in [0.1, 0.15) is 11.1 Å². The topological polar surface area (TPSA) is 65.8 Å². The number of thioether (sulfide) groups is 1. The quantitative estimate of drug-likeness (QED) is 0.680. The van der Waals surface area contributed by atoms with Crippen LogP contribution in [0.5, 0.6) is 0 Å². The van der Waals surface area contributed by atoms with Gasteiger partial charge in [-0.2, -0.15) is 5.26 Å². The van der Waals surface area contributed by atoms with E-state index in [1.54, 1.807) is 0 Å². The number of hydrogen-bond donors (Lipinski definition) is 1. The van der Waals surface area contributed by atoms with Crippen LogP contribution >= 0.6 is 11.8 Å². The normalized spacial score (nSPS) is 10.5. The van der Waals surface area contributed by atoms with Gasteiger partial charge in [0, 0.05) is 11.1 Å². The largest absolute Gasteiger partial charge is 0.325 e. The number of amides is 1. The molecule has 1 heterocycles. The monoisotopic (exact) mass is 361 g/mol. The molecule has 0 spiro atoms. The number of anilines is 1. The zero-order valence-corrected chi connectivity index (χ0v) is 15.8. The highest BCUT2D eigenvalue weighted by atomic mass is 32.2. The number of carbonyl (C=O) groups excluding carboxylic acids is 1. The third kappa shape index (κ3) is 3.87. The maximum absolute atomic E-state index is 12.3. The molecule has 0 fully saturated rings. The van der Waals surface area contributed by atoms with Gasteiger partial charge in [-0.25, -0.2) is 4.98 Å². The lowest BCUT2D eigenvalue weighted by molar-refractivity contribution is -0.113. The van der Waals surface area contributed by atoms with E-state index in [0.29, 0.717) is 10.6 Å². The van der Waals surface area contributed by atoms with Crippen molar-refractivity contribution in [2.75, 3.05) is 11.1 Å². The van der Waals surface area contributed by atoms with E-state index in [1.165, 1.54) is 11.8 Å². The van der Waals surface area contributed by atoms with Gasteiger partial charge in [0.05, 0.1) is 16.8 Å². The van der Waals surface area contributed by atoms with Gasteiger partial charge in [-0.1, -0.05) is 36.0 Å². The minimum absolute atomic E-state index is 0.112. The highest BCUT2D eigenvalue weighted by molar-refractivity contribution is 8.00. The zero-order valence-electron chi connectivity index (χ0n) is 15.0. The molecule has 130 valence electrons. The first kappa shape index (κ1) is 18.0. The number of rotatable bonds is 4. The van der Waals surface area contributed by atoms with E-state index < -0.39 is 0 Å². The highest BCUT2D eigenvalue weighted by Gasteiger charge is 2.11. The Morgan fingerprint density at radius 3 is 2.77 bits per heavy atom. The van der Waals surface area contributed by atoms with E-state index in [0.717, 1.165) is 33.3 Å². The second-order valence-corrected chi connectivity index (χ2v) is 7.20. The molecule has 1 aromatic heterocycles. The summed E-state index contributed by atoms with van der Waals surface area (Å²) in [5.74, 6) is 0.0885. The zero-order chi connectivity index (χ0) is 18.7. The first-order valence-corrected chi connectivity index (χ1v) is 9.27. The number of aromatic nitrogens is 1. The number of aryl methyl sites for hydroxylation is 2. The van der Waals surface area contributed by atoms with Crippen LogP contribution in [0.3, 0.4) is 0 Å². The van der Waals surface area contributed by atoms with Crippen LogP contribution in [-0.2, 0) is 4.79 Å².